The first-order valence-corrected chi connectivity index (χ1v) is 7.01. The number of carbonyl (C=O) groups is 1. The molecule has 0 spiro atoms. The average Bonchev–Trinajstić information content (AvgIpc) is 2.35. The van der Waals surface area contributed by atoms with Gasteiger partial charge >= 0.3 is 0 Å². The van der Waals surface area contributed by atoms with E-state index in [0.29, 0.717) is 17.1 Å². The third-order valence-corrected chi connectivity index (χ3v) is 3.36. The molecule has 2 aromatic carbocycles. The van der Waals surface area contributed by atoms with Gasteiger partial charge in [0.05, 0.1) is 0 Å². The molecule has 2 nitrogen and oxygen atoms in total. The lowest BCUT2D eigenvalue weighted by Crippen LogP contribution is -2.22. The van der Waals surface area contributed by atoms with Crippen LogP contribution in [-0.2, 0) is 6.54 Å². The van der Waals surface area contributed by atoms with Crippen molar-refractivity contribution in [1.29, 1.82) is 0 Å². The summed E-state index contributed by atoms with van der Waals surface area (Å²) in [5.74, 6) is -0.120. The molecule has 0 aliphatic carbocycles. The van der Waals surface area contributed by atoms with Crippen LogP contribution in [0, 0.1) is 6.92 Å². The minimum Gasteiger partial charge on any atom is -0.348 e. The Labute approximate surface area is 125 Å². The number of nitrogens with one attached hydrogen (secondary N) is 1. The van der Waals surface area contributed by atoms with Gasteiger partial charge in [0, 0.05) is 21.6 Å². The predicted molar refractivity (Wildman–Crippen MR) is 81.5 cm³/mol. The Bertz CT molecular complexity index is 593. The van der Waals surface area contributed by atoms with Crippen molar-refractivity contribution in [3.63, 3.8) is 0 Å². The zero-order valence-electron chi connectivity index (χ0n) is 10.4. The average molecular weight is 339 g/mol. The molecule has 1 amide bonds. The van der Waals surface area contributed by atoms with E-state index in [1.807, 2.05) is 43.3 Å². The van der Waals surface area contributed by atoms with Gasteiger partial charge in [-0.05, 0) is 48.4 Å². The molecule has 98 valence electrons. The zero-order chi connectivity index (χ0) is 13.8. The van der Waals surface area contributed by atoms with E-state index in [-0.39, 0.29) is 5.91 Å². The molecule has 4 heteroatoms. The molecule has 0 aliphatic heterocycles. The first kappa shape index (κ1) is 14.1. The molecule has 0 aromatic heterocycles. The summed E-state index contributed by atoms with van der Waals surface area (Å²) < 4.78 is 0.998. The van der Waals surface area contributed by atoms with Gasteiger partial charge in [-0.2, -0.15) is 0 Å². The molecule has 0 radical (unpaired) electrons. The SMILES string of the molecule is Cc1cc(Cl)cc(C(=O)NCc2cccc(Br)c2)c1. The van der Waals surface area contributed by atoms with Crippen LogP contribution in [0.15, 0.2) is 46.9 Å². The van der Waals surface area contributed by atoms with Crippen LogP contribution in [0.1, 0.15) is 21.5 Å². The minimum atomic E-state index is -0.120. The number of hydrogen-bond acceptors (Lipinski definition) is 1. The molecule has 0 atom stereocenters. The lowest BCUT2D eigenvalue weighted by Gasteiger charge is -2.07. The molecule has 0 saturated carbocycles. The molecule has 1 N–H and O–H groups in total. The van der Waals surface area contributed by atoms with E-state index in [1.165, 1.54) is 0 Å². The highest BCUT2D eigenvalue weighted by molar-refractivity contribution is 9.10. The second-order valence-corrected chi connectivity index (χ2v) is 5.68. The third kappa shape index (κ3) is 4.08. The third-order valence-electron chi connectivity index (χ3n) is 2.65. The van der Waals surface area contributed by atoms with Crippen molar-refractivity contribution in [2.45, 2.75) is 13.5 Å². The molecular formula is C15H13BrClNO. The maximum absolute atomic E-state index is 12.0. The summed E-state index contributed by atoms with van der Waals surface area (Å²) in [6.45, 7) is 2.40. The van der Waals surface area contributed by atoms with E-state index >= 15 is 0 Å². The van der Waals surface area contributed by atoms with E-state index in [0.717, 1.165) is 15.6 Å². The number of amides is 1. The number of aryl methyl sites for hydroxylation is 1. The number of carbonyl (C=O) groups excluding carboxylic acids is 1. The lowest BCUT2D eigenvalue weighted by molar-refractivity contribution is 0.0951. The van der Waals surface area contributed by atoms with Crippen LogP contribution in [-0.4, -0.2) is 5.91 Å². The number of halogens is 2. The van der Waals surface area contributed by atoms with Gasteiger partial charge in [-0.1, -0.05) is 39.7 Å². The molecular weight excluding hydrogens is 326 g/mol. The highest BCUT2D eigenvalue weighted by Gasteiger charge is 2.07. The van der Waals surface area contributed by atoms with E-state index in [4.69, 9.17) is 11.6 Å². The fraction of sp³-hybridized carbons (Fsp3) is 0.133. The summed E-state index contributed by atoms with van der Waals surface area (Å²) in [5.41, 5.74) is 2.60. The highest BCUT2D eigenvalue weighted by atomic mass is 79.9. The summed E-state index contributed by atoms with van der Waals surface area (Å²) in [6, 6.07) is 13.2. The summed E-state index contributed by atoms with van der Waals surface area (Å²) >= 11 is 9.35. The van der Waals surface area contributed by atoms with Gasteiger partial charge in [-0.15, -0.1) is 0 Å². The molecule has 0 saturated heterocycles. The van der Waals surface area contributed by atoms with Gasteiger partial charge in [-0.3, -0.25) is 4.79 Å². The van der Waals surface area contributed by atoms with Gasteiger partial charge in [-0.25, -0.2) is 0 Å². The molecule has 0 fully saturated rings. The van der Waals surface area contributed by atoms with Crippen molar-refractivity contribution < 1.29 is 4.79 Å². The lowest BCUT2D eigenvalue weighted by atomic mass is 10.1. The van der Waals surface area contributed by atoms with Crippen LogP contribution >= 0.6 is 27.5 Å². The summed E-state index contributed by atoms with van der Waals surface area (Å²) in [6.07, 6.45) is 0. The Kier molecular flexibility index (Phi) is 4.61. The Balaban J connectivity index is 2.05. The number of rotatable bonds is 3. The predicted octanol–water partition coefficient (Wildman–Crippen LogP) is 4.34. The number of hydrogen-bond donors (Lipinski definition) is 1. The van der Waals surface area contributed by atoms with Crippen LogP contribution in [0.25, 0.3) is 0 Å². The Hall–Kier alpha value is -1.32. The van der Waals surface area contributed by atoms with Crippen molar-refractivity contribution in [3.8, 4) is 0 Å². The summed E-state index contributed by atoms with van der Waals surface area (Å²) in [4.78, 5) is 12.0. The topological polar surface area (TPSA) is 29.1 Å². The maximum atomic E-state index is 12.0. The highest BCUT2D eigenvalue weighted by Crippen LogP contribution is 2.15. The van der Waals surface area contributed by atoms with E-state index < -0.39 is 0 Å². The van der Waals surface area contributed by atoms with Crippen LogP contribution in [0.4, 0.5) is 0 Å². The summed E-state index contributed by atoms with van der Waals surface area (Å²) in [7, 11) is 0. The first-order valence-electron chi connectivity index (χ1n) is 5.84. The monoisotopic (exact) mass is 337 g/mol. The Morgan fingerprint density at radius 2 is 2.05 bits per heavy atom. The molecule has 0 unspecified atom stereocenters. The first-order chi connectivity index (χ1) is 9.04. The van der Waals surface area contributed by atoms with Gasteiger partial charge in [0.15, 0.2) is 0 Å². The van der Waals surface area contributed by atoms with Crippen molar-refractivity contribution >= 4 is 33.4 Å². The van der Waals surface area contributed by atoms with E-state index in [9.17, 15) is 4.79 Å². The molecule has 19 heavy (non-hydrogen) atoms. The molecule has 2 rings (SSSR count). The quantitative estimate of drug-likeness (QED) is 0.886. The van der Waals surface area contributed by atoms with Gasteiger partial charge in [0.1, 0.15) is 0 Å². The van der Waals surface area contributed by atoms with Gasteiger partial charge < -0.3 is 5.32 Å². The standard InChI is InChI=1S/C15H13BrClNO/c1-10-5-12(8-14(17)6-10)15(19)18-9-11-3-2-4-13(16)7-11/h2-8H,9H2,1H3,(H,18,19). The van der Waals surface area contributed by atoms with Gasteiger partial charge in [0.2, 0.25) is 0 Å². The largest absolute Gasteiger partial charge is 0.348 e. The minimum absolute atomic E-state index is 0.120. The van der Waals surface area contributed by atoms with E-state index in [1.54, 1.807) is 6.07 Å². The maximum Gasteiger partial charge on any atom is 0.251 e. The second-order valence-electron chi connectivity index (χ2n) is 4.33. The molecule has 0 bridgehead atoms. The van der Waals surface area contributed by atoms with Crippen molar-refractivity contribution in [1.82, 2.24) is 5.32 Å². The molecule has 0 heterocycles. The fourth-order valence-corrected chi connectivity index (χ4v) is 2.54. The van der Waals surface area contributed by atoms with E-state index in [2.05, 4.69) is 21.2 Å². The van der Waals surface area contributed by atoms with Crippen molar-refractivity contribution in [2.75, 3.05) is 0 Å². The van der Waals surface area contributed by atoms with Crippen molar-refractivity contribution in [3.05, 3.63) is 68.7 Å². The Morgan fingerprint density at radius 1 is 1.26 bits per heavy atom. The van der Waals surface area contributed by atoms with Crippen LogP contribution in [0.3, 0.4) is 0 Å². The normalized spacial score (nSPS) is 10.3. The molecule has 2 aromatic rings. The second kappa shape index (κ2) is 6.22. The Morgan fingerprint density at radius 3 is 2.74 bits per heavy atom. The molecule has 0 aliphatic rings. The smallest absolute Gasteiger partial charge is 0.251 e. The van der Waals surface area contributed by atoms with Crippen molar-refractivity contribution in [2.24, 2.45) is 0 Å². The van der Waals surface area contributed by atoms with Gasteiger partial charge in [0.25, 0.3) is 5.91 Å². The number of benzene rings is 2. The van der Waals surface area contributed by atoms with Crippen LogP contribution < -0.4 is 5.32 Å². The zero-order valence-corrected chi connectivity index (χ0v) is 12.8. The fourth-order valence-electron chi connectivity index (χ4n) is 1.80. The van der Waals surface area contributed by atoms with Crippen LogP contribution in [0.5, 0.6) is 0 Å². The summed E-state index contributed by atoms with van der Waals surface area (Å²) in [5, 5.41) is 3.45. The van der Waals surface area contributed by atoms with Crippen LogP contribution in [0.2, 0.25) is 5.02 Å².